The van der Waals surface area contributed by atoms with Gasteiger partial charge in [-0.25, -0.2) is 4.39 Å². The highest BCUT2D eigenvalue weighted by Crippen LogP contribution is 2.25. The van der Waals surface area contributed by atoms with E-state index in [2.05, 4.69) is 0 Å². The topological polar surface area (TPSA) is 9.23 Å². The third-order valence-corrected chi connectivity index (χ3v) is 3.75. The predicted octanol–water partition coefficient (Wildman–Crippen LogP) is 3.32. The van der Waals surface area contributed by atoms with Gasteiger partial charge >= 0.3 is 0 Å². The van der Waals surface area contributed by atoms with Crippen LogP contribution in [-0.2, 0) is 11.2 Å². The van der Waals surface area contributed by atoms with Crippen LogP contribution < -0.4 is 0 Å². The Bertz CT molecular complexity index is 367. The van der Waals surface area contributed by atoms with Crippen molar-refractivity contribution < 1.29 is 9.13 Å². The Hall–Kier alpha value is -0.600. The lowest BCUT2D eigenvalue weighted by molar-refractivity contribution is 0.0577. The number of aryl methyl sites for hydroxylation is 1. The van der Waals surface area contributed by atoms with Gasteiger partial charge in [0.25, 0.3) is 0 Å². The van der Waals surface area contributed by atoms with Crippen molar-refractivity contribution in [1.82, 2.24) is 0 Å². The molecule has 1 fully saturated rings. The van der Waals surface area contributed by atoms with Crippen LogP contribution in [0.25, 0.3) is 0 Å². The summed E-state index contributed by atoms with van der Waals surface area (Å²) < 4.78 is 18.6. The summed E-state index contributed by atoms with van der Waals surface area (Å²) >= 11 is 6.25. The van der Waals surface area contributed by atoms with E-state index in [-0.39, 0.29) is 11.2 Å². The molecule has 0 bridgehead atoms. The maximum absolute atomic E-state index is 13.1. The molecule has 0 aromatic heterocycles. The van der Waals surface area contributed by atoms with Gasteiger partial charge in [-0.2, -0.15) is 0 Å². The Kier molecular flexibility index (Phi) is 3.82. The van der Waals surface area contributed by atoms with E-state index in [1.54, 1.807) is 6.07 Å². The second-order valence-corrected chi connectivity index (χ2v) is 4.98. The van der Waals surface area contributed by atoms with Crippen LogP contribution in [0, 0.1) is 18.7 Å². The molecule has 0 aliphatic carbocycles. The lowest BCUT2D eigenvalue weighted by Gasteiger charge is -2.27. The van der Waals surface area contributed by atoms with Crippen LogP contribution in [0.1, 0.15) is 17.5 Å². The molecule has 0 spiro atoms. The van der Waals surface area contributed by atoms with Crippen molar-refractivity contribution in [3.05, 3.63) is 35.1 Å². The van der Waals surface area contributed by atoms with Crippen molar-refractivity contribution in [3.63, 3.8) is 0 Å². The van der Waals surface area contributed by atoms with Crippen molar-refractivity contribution >= 4 is 11.6 Å². The Labute approximate surface area is 101 Å². The summed E-state index contributed by atoms with van der Waals surface area (Å²) in [5, 5.41) is 0.149. The first-order chi connectivity index (χ1) is 7.66. The fraction of sp³-hybridized carbons (Fsp3) is 0.538. The van der Waals surface area contributed by atoms with Gasteiger partial charge in [-0.1, -0.05) is 6.07 Å². The first-order valence-electron chi connectivity index (χ1n) is 5.63. The summed E-state index contributed by atoms with van der Waals surface area (Å²) in [6.07, 6.45) is 1.69. The van der Waals surface area contributed by atoms with Gasteiger partial charge in [-0.15, -0.1) is 11.6 Å². The number of hydrogen-bond donors (Lipinski definition) is 0. The number of alkyl halides is 1. The minimum absolute atomic E-state index is 0.149. The molecule has 1 nitrogen and oxygen atoms in total. The van der Waals surface area contributed by atoms with Crippen LogP contribution in [-0.4, -0.2) is 18.6 Å². The largest absolute Gasteiger partial charge is 0.381 e. The van der Waals surface area contributed by atoms with E-state index in [9.17, 15) is 4.39 Å². The van der Waals surface area contributed by atoms with Crippen molar-refractivity contribution in [3.8, 4) is 0 Å². The van der Waals surface area contributed by atoms with Crippen LogP contribution in [0.5, 0.6) is 0 Å². The van der Waals surface area contributed by atoms with Crippen molar-refractivity contribution in [1.29, 1.82) is 0 Å². The lowest BCUT2D eigenvalue weighted by atomic mass is 9.91. The minimum Gasteiger partial charge on any atom is -0.381 e. The zero-order valence-corrected chi connectivity index (χ0v) is 10.1. The number of halogens is 2. The van der Waals surface area contributed by atoms with Gasteiger partial charge in [0.2, 0.25) is 0 Å². The molecule has 0 N–H and O–H groups in total. The van der Waals surface area contributed by atoms with E-state index >= 15 is 0 Å². The average molecular weight is 243 g/mol. The summed E-state index contributed by atoms with van der Waals surface area (Å²) in [7, 11) is 0. The molecule has 1 aliphatic rings. The Morgan fingerprint density at radius 2 is 2.31 bits per heavy atom. The summed E-state index contributed by atoms with van der Waals surface area (Å²) in [6, 6.07) is 4.92. The Morgan fingerprint density at radius 3 is 3.06 bits per heavy atom. The van der Waals surface area contributed by atoms with Gasteiger partial charge < -0.3 is 4.74 Å². The van der Waals surface area contributed by atoms with Crippen LogP contribution >= 0.6 is 11.6 Å². The van der Waals surface area contributed by atoms with E-state index in [1.165, 1.54) is 6.07 Å². The van der Waals surface area contributed by atoms with Gasteiger partial charge in [0, 0.05) is 17.9 Å². The fourth-order valence-electron chi connectivity index (χ4n) is 2.10. The smallest absolute Gasteiger partial charge is 0.123 e. The zero-order valence-electron chi connectivity index (χ0n) is 9.38. The van der Waals surface area contributed by atoms with Crippen molar-refractivity contribution in [2.45, 2.75) is 25.1 Å². The molecule has 0 saturated carbocycles. The maximum Gasteiger partial charge on any atom is 0.123 e. The summed E-state index contributed by atoms with van der Waals surface area (Å²) in [5.74, 6) is 0.124. The third kappa shape index (κ3) is 2.74. The van der Waals surface area contributed by atoms with Gasteiger partial charge in [-0.05, 0) is 43.0 Å². The number of benzene rings is 1. The van der Waals surface area contributed by atoms with Gasteiger partial charge in [0.05, 0.1) is 6.61 Å². The predicted molar refractivity (Wildman–Crippen MR) is 63.4 cm³/mol. The van der Waals surface area contributed by atoms with Gasteiger partial charge in [0.1, 0.15) is 5.82 Å². The second kappa shape index (κ2) is 5.15. The highest BCUT2D eigenvalue weighted by atomic mass is 35.5. The minimum atomic E-state index is -0.177. The quantitative estimate of drug-likeness (QED) is 0.723. The van der Waals surface area contributed by atoms with Crippen LogP contribution in [0.3, 0.4) is 0 Å². The van der Waals surface area contributed by atoms with Crippen molar-refractivity contribution in [2.24, 2.45) is 5.92 Å². The normalized spacial score (nSPS) is 25.7. The molecule has 2 atom stereocenters. The van der Waals surface area contributed by atoms with E-state index in [4.69, 9.17) is 16.3 Å². The SMILES string of the molecule is Cc1ccc(F)cc1CC1COCCC1Cl. The van der Waals surface area contributed by atoms with E-state index in [0.717, 1.165) is 30.6 Å². The van der Waals surface area contributed by atoms with E-state index in [1.807, 2.05) is 13.0 Å². The van der Waals surface area contributed by atoms with Gasteiger partial charge in [-0.3, -0.25) is 0 Å². The molecule has 88 valence electrons. The molecule has 3 heteroatoms. The molecule has 0 radical (unpaired) electrons. The highest BCUT2D eigenvalue weighted by molar-refractivity contribution is 6.20. The molecule has 2 rings (SSSR count). The monoisotopic (exact) mass is 242 g/mol. The number of rotatable bonds is 2. The molecular formula is C13H16ClFO. The molecule has 1 aromatic rings. The average Bonchev–Trinajstić information content (AvgIpc) is 2.27. The molecule has 16 heavy (non-hydrogen) atoms. The van der Waals surface area contributed by atoms with E-state index in [0.29, 0.717) is 12.5 Å². The Balaban J connectivity index is 2.10. The molecule has 1 aliphatic heterocycles. The van der Waals surface area contributed by atoms with Crippen LogP contribution in [0.2, 0.25) is 0 Å². The van der Waals surface area contributed by atoms with Gasteiger partial charge in [0.15, 0.2) is 0 Å². The molecule has 0 amide bonds. The molecule has 1 aromatic carbocycles. The summed E-state index contributed by atoms with van der Waals surface area (Å²) in [4.78, 5) is 0. The zero-order chi connectivity index (χ0) is 11.5. The van der Waals surface area contributed by atoms with E-state index < -0.39 is 0 Å². The number of ether oxygens (including phenoxy) is 1. The number of hydrogen-bond acceptors (Lipinski definition) is 1. The van der Waals surface area contributed by atoms with Crippen LogP contribution in [0.15, 0.2) is 18.2 Å². The molecule has 2 unspecified atom stereocenters. The fourth-order valence-corrected chi connectivity index (χ4v) is 2.35. The van der Waals surface area contributed by atoms with Crippen molar-refractivity contribution in [2.75, 3.05) is 13.2 Å². The first kappa shape index (κ1) is 11.9. The molecule has 1 saturated heterocycles. The molecular weight excluding hydrogens is 227 g/mol. The highest BCUT2D eigenvalue weighted by Gasteiger charge is 2.24. The molecule has 1 heterocycles. The Morgan fingerprint density at radius 1 is 1.50 bits per heavy atom. The third-order valence-electron chi connectivity index (χ3n) is 3.17. The lowest BCUT2D eigenvalue weighted by Crippen LogP contribution is -2.29. The van der Waals surface area contributed by atoms with Crippen LogP contribution in [0.4, 0.5) is 4.39 Å². The second-order valence-electron chi connectivity index (χ2n) is 4.41. The summed E-state index contributed by atoms with van der Waals surface area (Å²) in [5.41, 5.74) is 2.16. The standard InChI is InChI=1S/C13H16ClFO/c1-9-2-3-12(15)7-10(9)6-11-8-16-5-4-13(11)14/h2-3,7,11,13H,4-6,8H2,1H3. The maximum atomic E-state index is 13.1. The summed E-state index contributed by atoms with van der Waals surface area (Å²) in [6.45, 7) is 3.43. The first-order valence-corrected chi connectivity index (χ1v) is 6.07.